The molecule has 0 aliphatic carbocycles. The molecule has 0 spiro atoms. The highest BCUT2D eigenvalue weighted by molar-refractivity contribution is 8.13. The van der Waals surface area contributed by atoms with Gasteiger partial charge in [0.15, 0.2) is 0 Å². The van der Waals surface area contributed by atoms with E-state index in [9.17, 15) is 0 Å². The Bertz CT molecular complexity index is 156. The SMILES string of the molecule is CC(S)SCC1CSC(CSC(C)S)CS1. The maximum absolute atomic E-state index is 4.41. The fourth-order valence-electron chi connectivity index (χ4n) is 1.27. The van der Waals surface area contributed by atoms with Gasteiger partial charge in [-0.05, 0) is 13.8 Å². The van der Waals surface area contributed by atoms with E-state index in [0.717, 1.165) is 10.5 Å². The van der Waals surface area contributed by atoms with Gasteiger partial charge < -0.3 is 0 Å². The summed E-state index contributed by atoms with van der Waals surface area (Å²) in [6.45, 7) is 4.31. The van der Waals surface area contributed by atoms with Crippen LogP contribution in [0.4, 0.5) is 0 Å². The van der Waals surface area contributed by atoms with E-state index in [2.05, 4.69) is 62.6 Å². The summed E-state index contributed by atoms with van der Waals surface area (Å²) in [6, 6.07) is 0. The summed E-state index contributed by atoms with van der Waals surface area (Å²) >= 11 is 17.1. The largest absolute Gasteiger partial charge is 0.165 e. The number of rotatable bonds is 6. The van der Waals surface area contributed by atoms with Crippen molar-refractivity contribution in [1.82, 2.24) is 0 Å². The van der Waals surface area contributed by atoms with Gasteiger partial charge in [-0.2, -0.15) is 48.8 Å². The highest BCUT2D eigenvalue weighted by Crippen LogP contribution is 2.34. The zero-order valence-electron chi connectivity index (χ0n) is 9.67. The summed E-state index contributed by atoms with van der Waals surface area (Å²) in [5.41, 5.74) is 0. The van der Waals surface area contributed by atoms with E-state index < -0.39 is 0 Å². The Morgan fingerprint density at radius 1 is 1.00 bits per heavy atom. The second-order valence-electron chi connectivity index (χ2n) is 3.78. The molecule has 4 unspecified atom stereocenters. The maximum Gasteiger partial charge on any atom is 0.0444 e. The summed E-state index contributed by atoms with van der Waals surface area (Å²) < 4.78 is 0.952. The molecule has 0 aromatic rings. The number of hydrogen-bond acceptors (Lipinski definition) is 6. The third-order valence-electron chi connectivity index (χ3n) is 2.08. The second-order valence-corrected chi connectivity index (χ2v) is 11.4. The van der Waals surface area contributed by atoms with Crippen LogP contribution in [-0.2, 0) is 0 Å². The molecular formula is C10H20S6. The van der Waals surface area contributed by atoms with Gasteiger partial charge in [0.25, 0.3) is 0 Å². The third kappa shape index (κ3) is 7.52. The van der Waals surface area contributed by atoms with Gasteiger partial charge in [0.2, 0.25) is 0 Å². The van der Waals surface area contributed by atoms with Crippen molar-refractivity contribution in [3.8, 4) is 0 Å². The van der Waals surface area contributed by atoms with Crippen molar-refractivity contribution in [1.29, 1.82) is 0 Å². The molecular weight excluding hydrogens is 313 g/mol. The average molecular weight is 333 g/mol. The van der Waals surface area contributed by atoms with Crippen molar-refractivity contribution < 1.29 is 0 Å². The van der Waals surface area contributed by atoms with Gasteiger partial charge in [-0.15, -0.1) is 23.5 Å². The molecule has 0 nitrogen and oxygen atoms in total. The zero-order valence-corrected chi connectivity index (χ0v) is 14.7. The molecule has 0 saturated carbocycles. The molecule has 1 saturated heterocycles. The third-order valence-corrected chi connectivity index (χ3v) is 8.77. The van der Waals surface area contributed by atoms with Crippen LogP contribution in [0.1, 0.15) is 13.8 Å². The molecule has 0 amide bonds. The van der Waals surface area contributed by atoms with Crippen LogP contribution < -0.4 is 0 Å². The molecule has 0 bridgehead atoms. The Morgan fingerprint density at radius 3 is 1.62 bits per heavy atom. The number of thioether (sulfide) groups is 4. The summed E-state index contributed by atoms with van der Waals surface area (Å²) in [6.07, 6.45) is 0. The van der Waals surface area contributed by atoms with Crippen molar-refractivity contribution in [2.45, 2.75) is 33.5 Å². The smallest absolute Gasteiger partial charge is 0.0444 e. The Labute approximate surface area is 128 Å². The van der Waals surface area contributed by atoms with Crippen molar-refractivity contribution in [3.63, 3.8) is 0 Å². The Kier molecular flexibility index (Phi) is 9.16. The lowest BCUT2D eigenvalue weighted by Gasteiger charge is -2.28. The highest BCUT2D eigenvalue weighted by atomic mass is 32.2. The molecule has 0 aromatic heterocycles. The molecule has 0 radical (unpaired) electrons. The van der Waals surface area contributed by atoms with Crippen LogP contribution in [0.15, 0.2) is 0 Å². The van der Waals surface area contributed by atoms with Gasteiger partial charge in [-0.1, -0.05) is 0 Å². The van der Waals surface area contributed by atoms with Crippen LogP contribution in [0.3, 0.4) is 0 Å². The fourth-order valence-corrected chi connectivity index (χ4v) is 7.00. The van der Waals surface area contributed by atoms with E-state index in [-0.39, 0.29) is 0 Å². The average Bonchev–Trinajstić information content (AvgIpc) is 2.25. The van der Waals surface area contributed by atoms with E-state index in [0.29, 0.717) is 9.16 Å². The molecule has 1 aliphatic heterocycles. The summed E-state index contributed by atoms with van der Waals surface area (Å²) in [5, 5.41) is 1.67. The normalized spacial score (nSPS) is 30.0. The van der Waals surface area contributed by atoms with Crippen LogP contribution >= 0.6 is 72.3 Å². The zero-order chi connectivity index (χ0) is 12.0. The Hall–Kier alpha value is 2.10. The molecule has 1 rings (SSSR count). The standard InChI is InChI=1S/C10H20S6/c1-7(11)13-3-9-5-16-10(6-15-9)4-14-8(2)12/h7-12H,3-6H2,1-2H3. The fraction of sp³-hybridized carbons (Fsp3) is 1.00. The first-order valence-corrected chi connectivity index (χ1v) is 10.6. The lowest BCUT2D eigenvalue weighted by atomic mass is 10.5. The Balaban J connectivity index is 2.09. The van der Waals surface area contributed by atoms with Gasteiger partial charge in [-0.3, -0.25) is 0 Å². The minimum absolute atomic E-state index is 0.476. The van der Waals surface area contributed by atoms with Gasteiger partial charge in [0, 0.05) is 42.7 Å². The maximum atomic E-state index is 4.41. The van der Waals surface area contributed by atoms with E-state index in [4.69, 9.17) is 0 Å². The highest BCUT2D eigenvalue weighted by Gasteiger charge is 2.22. The van der Waals surface area contributed by atoms with Crippen LogP contribution in [-0.4, -0.2) is 42.7 Å². The van der Waals surface area contributed by atoms with Crippen LogP contribution in [0, 0.1) is 0 Å². The number of hydrogen-bond donors (Lipinski definition) is 2. The second kappa shape index (κ2) is 9.08. The predicted octanol–water partition coefficient (Wildman–Crippen LogP) is 4.22. The minimum Gasteiger partial charge on any atom is -0.165 e. The van der Waals surface area contributed by atoms with Crippen molar-refractivity contribution in [2.75, 3.05) is 23.0 Å². The lowest BCUT2D eigenvalue weighted by molar-refractivity contribution is 1.06. The van der Waals surface area contributed by atoms with Gasteiger partial charge in [0.1, 0.15) is 0 Å². The summed E-state index contributed by atoms with van der Waals surface area (Å²) in [4.78, 5) is 0. The monoisotopic (exact) mass is 332 g/mol. The minimum atomic E-state index is 0.476. The Morgan fingerprint density at radius 2 is 1.38 bits per heavy atom. The van der Waals surface area contributed by atoms with Crippen LogP contribution in [0.2, 0.25) is 0 Å². The number of thiol groups is 2. The molecule has 16 heavy (non-hydrogen) atoms. The quantitative estimate of drug-likeness (QED) is 0.552. The lowest BCUT2D eigenvalue weighted by Crippen LogP contribution is -2.25. The van der Waals surface area contributed by atoms with E-state index in [1.54, 1.807) is 0 Å². The summed E-state index contributed by atoms with van der Waals surface area (Å²) in [5.74, 6) is 5.13. The molecule has 1 aliphatic rings. The van der Waals surface area contributed by atoms with Gasteiger partial charge in [-0.25, -0.2) is 0 Å². The van der Waals surface area contributed by atoms with E-state index >= 15 is 0 Å². The van der Waals surface area contributed by atoms with Crippen LogP contribution in [0.5, 0.6) is 0 Å². The molecule has 4 atom stereocenters. The first kappa shape index (κ1) is 16.2. The topological polar surface area (TPSA) is 0 Å². The first-order valence-electron chi connectivity index (χ1n) is 5.40. The van der Waals surface area contributed by atoms with Crippen LogP contribution in [0.25, 0.3) is 0 Å². The van der Waals surface area contributed by atoms with Gasteiger partial charge in [0.05, 0.1) is 0 Å². The predicted molar refractivity (Wildman–Crippen MR) is 94.3 cm³/mol. The van der Waals surface area contributed by atoms with E-state index in [1.165, 1.54) is 23.0 Å². The molecule has 1 heterocycles. The first-order chi connectivity index (χ1) is 7.58. The summed E-state index contributed by atoms with van der Waals surface area (Å²) in [7, 11) is 0. The molecule has 6 heteroatoms. The van der Waals surface area contributed by atoms with Gasteiger partial charge >= 0.3 is 0 Å². The van der Waals surface area contributed by atoms with E-state index in [1.807, 2.05) is 23.5 Å². The van der Waals surface area contributed by atoms with Crippen molar-refractivity contribution in [2.24, 2.45) is 0 Å². The molecule has 0 aromatic carbocycles. The van der Waals surface area contributed by atoms with Crippen molar-refractivity contribution >= 4 is 72.3 Å². The molecule has 1 fully saturated rings. The van der Waals surface area contributed by atoms with Crippen molar-refractivity contribution in [3.05, 3.63) is 0 Å². The molecule has 96 valence electrons. The molecule has 0 N–H and O–H groups in total.